The molecule has 0 spiro atoms. The van der Waals surface area contributed by atoms with E-state index in [4.69, 9.17) is 5.26 Å². The Kier molecular flexibility index (Phi) is 6.46. The number of hydrogen-bond donors (Lipinski definition) is 1. The van der Waals surface area contributed by atoms with Crippen LogP contribution < -0.4 is 5.32 Å². The maximum absolute atomic E-state index is 8.72. The van der Waals surface area contributed by atoms with E-state index in [9.17, 15) is 0 Å². The molecule has 18 heavy (non-hydrogen) atoms. The van der Waals surface area contributed by atoms with Crippen molar-refractivity contribution in [1.82, 2.24) is 5.32 Å². The Morgan fingerprint density at radius 2 is 1.78 bits per heavy atom. The summed E-state index contributed by atoms with van der Waals surface area (Å²) >= 11 is 0. The van der Waals surface area contributed by atoms with Crippen molar-refractivity contribution in [3.63, 3.8) is 0 Å². The minimum atomic E-state index is 0.555. The quantitative estimate of drug-likeness (QED) is 0.790. The van der Waals surface area contributed by atoms with Crippen LogP contribution >= 0.6 is 0 Å². The lowest BCUT2D eigenvalue weighted by molar-refractivity contribution is 0.457. The van der Waals surface area contributed by atoms with E-state index in [2.05, 4.69) is 32.2 Å². The summed E-state index contributed by atoms with van der Waals surface area (Å²) in [6.45, 7) is 7.67. The van der Waals surface area contributed by atoms with Gasteiger partial charge in [0, 0.05) is 12.6 Å². The molecule has 1 rings (SSSR count). The molecule has 0 saturated heterocycles. The largest absolute Gasteiger partial charge is 0.310 e. The zero-order chi connectivity index (χ0) is 13.4. The zero-order valence-corrected chi connectivity index (χ0v) is 11.7. The first kappa shape index (κ1) is 14.7. The van der Waals surface area contributed by atoms with Gasteiger partial charge in [-0.05, 0) is 37.0 Å². The van der Waals surface area contributed by atoms with Gasteiger partial charge in [0.15, 0.2) is 0 Å². The number of hydrogen-bond acceptors (Lipinski definition) is 2. The van der Waals surface area contributed by atoms with Gasteiger partial charge in [0.05, 0.1) is 11.6 Å². The van der Waals surface area contributed by atoms with Gasteiger partial charge < -0.3 is 5.32 Å². The Morgan fingerprint density at radius 3 is 2.33 bits per heavy atom. The highest BCUT2D eigenvalue weighted by Crippen LogP contribution is 2.09. The minimum absolute atomic E-state index is 0.555. The van der Waals surface area contributed by atoms with Crippen molar-refractivity contribution in [3.05, 3.63) is 35.4 Å². The van der Waals surface area contributed by atoms with E-state index < -0.39 is 0 Å². The maximum Gasteiger partial charge on any atom is 0.0991 e. The monoisotopic (exact) mass is 244 g/mol. The molecule has 1 N–H and O–H groups in total. The highest BCUT2D eigenvalue weighted by molar-refractivity contribution is 5.31. The molecule has 0 aliphatic carbocycles. The molecule has 0 aliphatic heterocycles. The van der Waals surface area contributed by atoms with Crippen molar-refractivity contribution < 1.29 is 0 Å². The molecule has 0 saturated carbocycles. The summed E-state index contributed by atoms with van der Waals surface area (Å²) in [7, 11) is 0. The molecule has 2 nitrogen and oxygen atoms in total. The number of nitrogens with zero attached hydrogens (tertiary/aromatic N) is 1. The molecule has 0 fully saturated rings. The van der Waals surface area contributed by atoms with Gasteiger partial charge in [-0.2, -0.15) is 5.26 Å². The van der Waals surface area contributed by atoms with E-state index in [-0.39, 0.29) is 0 Å². The van der Waals surface area contributed by atoms with Crippen LogP contribution in [0.3, 0.4) is 0 Å². The molecule has 2 heteroatoms. The van der Waals surface area contributed by atoms with E-state index in [1.54, 1.807) is 0 Å². The third kappa shape index (κ3) is 5.84. The van der Waals surface area contributed by atoms with Crippen LogP contribution in [0.25, 0.3) is 0 Å². The van der Waals surface area contributed by atoms with Crippen LogP contribution in [0, 0.1) is 17.2 Å². The fourth-order valence-corrected chi connectivity index (χ4v) is 1.92. The Morgan fingerprint density at radius 1 is 1.11 bits per heavy atom. The third-order valence-corrected chi connectivity index (χ3v) is 3.16. The predicted octanol–water partition coefficient (Wildman–Crippen LogP) is 3.86. The lowest BCUT2D eigenvalue weighted by Crippen LogP contribution is -2.25. The van der Waals surface area contributed by atoms with Gasteiger partial charge in [0.2, 0.25) is 0 Å². The van der Waals surface area contributed by atoms with Gasteiger partial charge in [-0.15, -0.1) is 0 Å². The first-order valence-corrected chi connectivity index (χ1v) is 6.84. The molecule has 98 valence electrons. The van der Waals surface area contributed by atoms with E-state index in [1.807, 2.05) is 24.3 Å². The van der Waals surface area contributed by atoms with Crippen molar-refractivity contribution in [3.8, 4) is 6.07 Å². The average Bonchev–Trinajstić information content (AvgIpc) is 2.36. The number of rotatable bonds is 7. The van der Waals surface area contributed by atoms with Gasteiger partial charge in [-0.25, -0.2) is 0 Å². The second-order valence-electron chi connectivity index (χ2n) is 5.42. The molecule has 0 bridgehead atoms. The maximum atomic E-state index is 8.72. The Hall–Kier alpha value is -1.33. The number of benzene rings is 1. The first-order valence-electron chi connectivity index (χ1n) is 6.84. The van der Waals surface area contributed by atoms with Crippen LogP contribution in [-0.2, 0) is 6.54 Å². The van der Waals surface area contributed by atoms with Gasteiger partial charge in [-0.1, -0.05) is 38.8 Å². The predicted molar refractivity (Wildman–Crippen MR) is 76.1 cm³/mol. The lowest BCUT2D eigenvalue weighted by atomic mass is 10.0. The topological polar surface area (TPSA) is 35.8 Å². The first-order chi connectivity index (χ1) is 8.61. The third-order valence-electron chi connectivity index (χ3n) is 3.16. The highest BCUT2D eigenvalue weighted by Gasteiger charge is 2.02. The molecule has 1 atom stereocenters. The second kappa shape index (κ2) is 7.89. The van der Waals surface area contributed by atoms with Crippen LogP contribution in [0.2, 0.25) is 0 Å². The lowest BCUT2D eigenvalue weighted by Gasteiger charge is -2.14. The zero-order valence-electron chi connectivity index (χ0n) is 11.7. The normalized spacial score (nSPS) is 12.4. The van der Waals surface area contributed by atoms with Crippen molar-refractivity contribution >= 4 is 0 Å². The number of nitrogens with one attached hydrogen (secondary N) is 1. The summed E-state index contributed by atoms with van der Waals surface area (Å²) in [6.07, 6.45) is 3.83. The van der Waals surface area contributed by atoms with Crippen LogP contribution in [-0.4, -0.2) is 6.04 Å². The SMILES string of the molecule is CC(C)CCCC(C)NCc1ccc(C#N)cc1. The van der Waals surface area contributed by atoms with Crippen molar-refractivity contribution in [2.45, 2.75) is 52.6 Å². The average molecular weight is 244 g/mol. The van der Waals surface area contributed by atoms with Crippen molar-refractivity contribution in [2.75, 3.05) is 0 Å². The highest BCUT2D eigenvalue weighted by atomic mass is 14.9. The van der Waals surface area contributed by atoms with E-state index in [1.165, 1.54) is 24.8 Å². The van der Waals surface area contributed by atoms with Gasteiger partial charge in [0.1, 0.15) is 0 Å². The van der Waals surface area contributed by atoms with E-state index >= 15 is 0 Å². The molecule has 0 radical (unpaired) electrons. The van der Waals surface area contributed by atoms with E-state index in [0.717, 1.165) is 18.0 Å². The van der Waals surface area contributed by atoms with Gasteiger partial charge >= 0.3 is 0 Å². The van der Waals surface area contributed by atoms with Crippen LogP contribution in [0.4, 0.5) is 0 Å². The van der Waals surface area contributed by atoms with Crippen LogP contribution in [0.15, 0.2) is 24.3 Å². The fourth-order valence-electron chi connectivity index (χ4n) is 1.92. The molecule has 0 aliphatic rings. The smallest absolute Gasteiger partial charge is 0.0991 e. The molecule has 1 aromatic rings. The van der Waals surface area contributed by atoms with Crippen molar-refractivity contribution in [1.29, 1.82) is 5.26 Å². The van der Waals surface area contributed by atoms with Crippen molar-refractivity contribution in [2.24, 2.45) is 5.92 Å². The number of nitriles is 1. The molecular formula is C16H24N2. The minimum Gasteiger partial charge on any atom is -0.310 e. The summed E-state index contributed by atoms with van der Waals surface area (Å²) in [5, 5.41) is 12.3. The van der Waals surface area contributed by atoms with Gasteiger partial charge in [-0.3, -0.25) is 0 Å². The second-order valence-corrected chi connectivity index (χ2v) is 5.42. The Labute approximate surface area is 111 Å². The summed E-state index contributed by atoms with van der Waals surface area (Å²) in [4.78, 5) is 0. The van der Waals surface area contributed by atoms with Crippen LogP contribution in [0.5, 0.6) is 0 Å². The molecule has 0 amide bonds. The standard InChI is InChI=1S/C16H24N2/c1-13(2)5-4-6-14(3)18-12-16-9-7-15(11-17)8-10-16/h7-10,13-14,18H,4-6,12H2,1-3H3. The Bertz CT molecular complexity index is 373. The molecular weight excluding hydrogens is 220 g/mol. The summed E-state index contributed by atoms with van der Waals surface area (Å²) in [6, 6.07) is 10.5. The molecule has 0 heterocycles. The molecule has 1 aromatic carbocycles. The summed E-state index contributed by atoms with van der Waals surface area (Å²) < 4.78 is 0. The summed E-state index contributed by atoms with van der Waals surface area (Å²) in [5.41, 5.74) is 1.97. The molecule has 0 aromatic heterocycles. The van der Waals surface area contributed by atoms with Gasteiger partial charge in [0.25, 0.3) is 0 Å². The summed E-state index contributed by atoms with van der Waals surface area (Å²) in [5.74, 6) is 0.802. The van der Waals surface area contributed by atoms with E-state index in [0.29, 0.717) is 6.04 Å². The fraction of sp³-hybridized carbons (Fsp3) is 0.562. The molecule has 1 unspecified atom stereocenters. The Balaban J connectivity index is 2.25. The van der Waals surface area contributed by atoms with Crippen LogP contribution in [0.1, 0.15) is 51.2 Å².